The number of pyridine rings is 1. The van der Waals surface area contributed by atoms with Crippen molar-refractivity contribution in [2.24, 2.45) is 0 Å². The molecule has 40 heavy (non-hydrogen) atoms. The summed E-state index contributed by atoms with van der Waals surface area (Å²) in [7, 11) is 0. The van der Waals surface area contributed by atoms with Crippen molar-refractivity contribution in [2.75, 3.05) is 11.1 Å². The fourth-order valence-electron chi connectivity index (χ4n) is 5.85. The number of carboxylic acid groups (broad SMARTS) is 1. The Morgan fingerprint density at radius 2 is 1.80 bits per heavy atom. The van der Waals surface area contributed by atoms with Crippen LogP contribution in [0.3, 0.4) is 0 Å². The lowest BCUT2D eigenvalue weighted by atomic mass is 9.71. The Hall–Kier alpha value is -5.11. The van der Waals surface area contributed by atoms with Crippen LogP contribution in [0.1, 0.15) is 30.4 Å². The predicted octanol–water partition coefficient (Wildman–Crippen LogP) is 6.86. The molecular weight excluding hydrogens is 500 g/mol. The number of rotatable bonds is 4. The van der Waals surface area contributed by atoms with Crippen LogP contribution in [-0.4, -0.2) is 25.7 Å². The highest BCUT2D eigenvalue weighted by molar-refractivity contribution is 5.91. The third-order valence-electron chi connectivity index (χ3n) is 8.14. The lowest BCUT2D eigenvalue weighted by Gasteiger charge is -2.42. The van der Waals surface area contributed by atoms with E-state index in [1.54, 1.807) is 6.20 Å². The highest BCUT2D eigenvalue weighted by atomic mass is 16.4. The molecule has 0 bridgehead atoms. The number of hydrogen-bond donors (Lipinski definition) is 4. The van der Waals surface area contributed by atoms with Crippen molar-refractivity contribution >= 4 is 23.3 Å². The van der Waals surface area contributed by atoms with Crippen LogP contribution in [0.5, 0.6) is 0 Å². The molecule has 1 amide bonds. The van der Waals surface area contributed by atoms with Gasteiger partial charge in [-0.1, -0.05) is 48.5 Å². The summed E-state index contributed by atoms with van der Waals surface area (Å²) < 4.78 is 2.16. The van der Waals surface area contributed by atoms with E-state index in [0.29, 0.717) is 5.69 Å². The number of anilines is 3. The second-order valence-corrected chi connectivity index (χ2v) is 10.5. The number of benzene rings is 3. The van der Waals surface area contributed by atoms with Gasteiger partial charge in [-0.25, -0.2) is 14.8 Å². The van der Waals surface area contributed by atoms with Gasteiger partial charge in [-0.3, -0.25) is 4.57 Å². The average Bonchev–Trinajstić information content (AvgIpc) is 3.27. The molecule has 5 aromatic rings. The molecule has 1 aliphatic carbocycles. The van der Waals surface area contributed by atoms with Crippen molar-refractivity contribution < 1.29 is 9.90 Å². The number of imidazole rings is 1. The molecule has 2 aliphatic rings. The summed E-state index contributed by atoms with van der Waals surface area (Å²) in [6.07, 6.45) is 3.35. The van der Waals surface area contributed by atoms with Crippen molar-refractivity contribution in [2.45, 2.75) is 31.7 Å². The third-order valence-corrected chi connectivity index (χ3v) is 8.14. The van der Waals surface area contributed by atoms with Crippen LogP contribution >= 0.6 is 0 Å². The molecular formula is C32H28N6O2. The predicted molar refractivity (Wildman–Crippen MR) is 157 cm³/mol. The Morgan fingerprint density at radius 3 is 2.52 bits per heavy atom. The third kappa shape index (κ3) is 3.71. The van der Waals surface area contributed by atoms with Gasteiger partial charge in [-0.05, 0) is 67.6 Å². The van der Waals surface area contributed by atoms with E-state index in [4.69, 9.17) is 10.7 Å². The topological polar surface area (TPSA) is 118 Å². The van der Waals surface area contributed by atoms with Crippen LogP contribution in [0.15, 0.2) is 85.1 Å². The number of nitrogens with two attached hydrogens (primary N) is 1. The number of aryl methyl sites for hydroxylation is 1. The van der Waals surface area contributed by atoms with Crippen molar-refractivity contribution in [3.63, 3.8) is 0 Å². The number of fused-ring (bicyclic) bond motifs is 5. The van der Waals surface area contributed by atoms with Gasteiger partial charge >= 0.3 is 6.09 Å². The molecule has 0 saturated heterocycles. The van der Waals surface area contributed by atoms with Crippen LogP contribution in [0, 0.1) is 6.92 Å². The number of aromatic nitrogens is 3. The summed E-state index contributed by atoms with van der Waals surface area (Å²) >= 11 is 0. The fourth-order valence-corrected chi connectivity index (χ4v) is 5.85. The second kappa shape index (κ2) is 8.98. The first-order valence-electron chi connectivity index (χ1n) is 13.4. The smallest absolute Gasteiger partial charge is 0.405 e. The highest BCUT2D eigenvalue weighted by Gasteiger charge is 2.40. The molecule has 0 radical (unpaired) electrons. The summed E-state index contributed by atoms with van der Waals surface area (Å²) in [6, 6.07) is 26.3. The molecule has 1 saturated carbocycles. The first-order valence-corrected chi connectivity index (χ1v) is 13.4. The van der Waals surface area contributed by atoms with Crippen LogP contribution in [0.2, 0.25) is 0 Å². The quantitative estimate of drug-likeness (QED) is 0.186. The molecule has 2 aromatic heterocycles. The Balaban J connectivity index is 1.49. The highest BCUT2D eigenvalue weighted by Crippen LogP contribution is 2.46. The Morgan fingerprint density at radius 1 is 1.02 bits per heavy atom. The zero-order valence-corrected chi connectivity index (χ0v) is 22.0. The Bertz CT molecular complexity index is 1790. The van der Waals surface area contributed by atoms with E-state index in [1.807, 2.05) is 61.5 Å². The van der Waals surface area contributed by atoms with E-state index in [1.165, 1.54) is 0 Å². The second-order valence-electron chi connectivity index (χ2n) is 10.5. The standard InChI is InChI=1S/C32H28N6O2/c1-19-9-10-21(18-24(19)33)27-28(20-11-13-22(14-12-20)32(15-5-16-32)37-31(39)40)38-26-8-4-17-34-29(26)35-25-7-3-2-6-23(25)30(38)36-27/h2-4,6-14,17-18,37H,5,15-16,33H2,1H3,(H,34,35)(H,39,40). The van der Waals surface area contributed by atoms with E-state index in [0.717, 1.165) is 81.5 Å². The van der Waals surface area contributed by atoms with Gasteiger partial charge in [0.25, 0.3) is 0 Å². The summed E-state index contributed by atoms with van der Waals surface area (Å²) in [5.41, 5.74) is 14.9. The number of hydrogen-bond acceptors (Lipinski definition) is 5. The van der Waals surface area contributed by atoms with Gasteiger partial charge in [0.15, 0.2) is 5.82 Å². The van der Waals surface area contributed by atoms with Gasteiger partial charge in [-0.2, -0.15) is 0 Å². The van der Waals surface area contributed by atoms with Crippen LogP contribution in [-0.2, 0) is 5.54 Å². The molecule has 0 atom stereocenters. The molecule has 0 unspecified atom stereocenters. The van der Waals surface area contributed by atoms with Crippen molar-refractivity contribution in [3.05, 3.63) is 96.2 Å². The van der Waals surface area contributed by atoms with E-state index in [2.05, 4.69) is 44.5 Å². The molecule has 8 nitrogen and oxygen atoms in total. The summed E-state index contributed by atoms with van der Waals surface area (Å²) in [5, 5.41) is 15.7. The number of carbonyl (C=O) groups is 1. The maximum Gasteiger partial charge on any atom is 0.405 e. The minimum atomic E-state index is -1.00. The van der Waals surface area contributed by atoms with Gasteiger partial charge in [-0.15, -0.1) is 0 Å². The molecule has 1 aliphatic heterocycles. The normalized spacial score (nSPS) is 14.5. The number of nitrogens with zero attached hydrogens (tertiary/aromatic N) is 3. The first-order chi connectivity index (χ1) is 19.4. The molecule has 3 heterocycles. The summed E-state index contributed by atoms with van der Waals surface area (Å²) in [5.74, 6) is 1.53. The molecule has 0 spiro atoms. The van der Waals surface area contributed by atoms with Gasteiger partial charge in [0.2, 0.25) is 0 Å². The van der Waals surface area contributed by atoms with Gasteiger partial charge in [0, 0.05) is 28.6 Å². The zero-order chi connectivity index (χ0) is 27.4. The zero-order valence-electron chi connectivity index (χ0n) is 22.0. The maximum atomic E-state index is 11.6. The van der Waals surface area contributed by atoms with E-state index < -0.39 is 11.6 Å². The number of nitrogen functional groups attached to an aromatic ring is 1. The molecule has 5 N–H and O–H groups in total. The Labute approximate surface area is 231 Å². The fraction of sp³-hybridized carbons (Fsp3) is 0.156. The molecule has 7 rings (SSSR count). The van der Waals surface area contributed by atoms with Gasteiger partial charge in [0.05, 0.1) is 28.3 Å². The summed E-state index contributed by atoms with van der Waals surface area (Å²) in [6.45, 7) is 1.99. The Kier molecular flexibility index (Phi) is 5.38. The molecule has 198 valence electrons. The molecule has 8 heteroatoms. The SMILES string of the molecule is Cc1ccc(-c2nc3n(c2-c2ccc(C4(NC(=O)O)CCC4)cc2)-c2cccnc2Nc2ccccc2-3)cc1N. The maximum absolute atomic E-state index is 11.6. The minimum Gasteiger partial charge on any atom is -0.465 e. The molecule has 3 aromatic carbocycles. The van der Waals surface area contributed by atoms with Gasteiger partial charge < -0.3 is 21.5 Å². The number of amides is 1. The molecule has 1 fully saturated rings. The largest absolute Gasteiger partial charge is 0.465 e. The number of para-hydroxylation sites is 1. The lowest BCUT2D eigenvalue weighted by molar-refractivity contribution is 0.144. The van der Waals surface area contributed by atoms with E-state index in [-0.39, 0.29) is 0 Å². The van der Waals surface area contributed by atoms with E-state index in [9.17, 15) is 9.90 Å². The van der Waals surface area contributed by atoms with Crippen LogP contribution in [0.25, 0.3) is 39.6 Å². The van der Waals surface area contributed by atoms with Crippen molar-refractivity contribution in [1.82, 2.24) is 19.9 Å². The average molecular weight is 529 g/mol. The first kappa shape index (κ1) is 24.0. The van der Waals surface area contributed by atoms with E-state index >= 15 is 0 Å². The van der Waals surface area contributed by atoms with Crippen molar-refractivity contribution in [3.8, 4) is 39.6 Å². The van der Waals surface area contributed by atoms with Crippen molar-refractivity contribution in [1.29, 1.82) is 0 Å². The van der Waals surface area contributed by atoms with Crippen LogP contribution < -0.4 is 16.4 Å². The lowest BCUT2D eigenvalue weighted by Crippen LogP contribution is -2.50. The van der Waals surface area contributed by atoms with Gasteiger partial charge in [0.1, 0.15) is 5.82 Å². The minimum absolute atomic E-state index is 0.535. The summed E-state index contributed by atoms with van der Waals surface area (Å²) in [4.78, 5) is 21.5. The number of nitrogens with one attached hydrogen (secondary N) is 2. The monoisotopic (exact) mass is 528 g/mol. The van der Waals surface area contributed by atoms with Crippen LogP contribution in [0.4, 0.5) is 22.0 Å².